The predicted octanol–water partition coefficient (Wildman–Crippen LogP) is 2.96. The van der Waals surface area contributed by atoms with E-state index in [2.05, 4.69) is 4.98 Å². The Morgan fingerprint density at radius 2 is 2.20 bits per heavy atom. The molecular formula is C14H16N2O2S2. The highest BCUT2D eigenvalue weighted by atomic mass is 32.1. The van der Waals surface area contributed by atoms with Gasteiger partial charge in [-0.05, 0) is 49.9 Å². The Bertz CT molecular complexity index is 796. The van der Waals surface area contributed by atoms with Crippen molar-refractivity contribution >= 4 is 33.8 Å². The molecule has 2 aliphatic carbocycles. The zero-order chi connectivity index (χ0) is 13.9. The van der Waals surface area contributed by atoms with Crippen molar-refractivity contribution in [3.8, 4) is 0 Å². The van der Waals surface area contributed by atoms with E-state index in [1.165, 1.54) is 16.9 Å². The molecule has 0 spiro atoms. The molecule has 0 amide bonds. The highest BCUT2D eigenvalue weighted by Gasteiger charge is 2.33. The van der Waals surface area contributed by atoms with E-state index in [1.807, 2.05) is 0 Å². The number of rotatable bonds is 2. The third-order valence-electron chi connectivity index (χ3n) is 4.56. The number of aromatic amines is 1. The third-order valence-corrected chi connectivity index (χ3v) is 6.07. The van der Waals surface area contributed by atoms with Gasteiger partial charge in [-0.2, -0.15) is 0 Å². The second kappa shape index (κ2) is 4.51. The molecule has 106 valence electrons. The number of H-pyrrole nitrogens is 1. The summed E-state index contributed by atoms with van der Waals surface area (Å²) < 4.78 is 7.64. The Labute approximate surface area is 125 Å². The fourth-order valence-corrected chi connectivity index (χ4v) is 5.04. The van der Waals surface area contributed by atoms with E-state index in [-0.39, 0.29) is 17.7 Å². The van der Waals surface area contributed by atoms with Crippen LogP contribution < -0.4 is 5.56 Å². The lowest BCUT2D eigenvalue weighted by Crippen LogP contribution is -2.38. The van der Waals surface area contributed by atoms with Gasteiger partial charge in [-0.1, -0.05) is 0 Å². The largest absolute Gasteiger partial charge is 0.381 e. The van der Waals surface area contributed by atoms with Crippen LogP contribution >= 0.6 is 23.6 Å². The molecule has 2 aromatic rings. The summed E-state index contributed by atoms with van der Waals surface area (Å²) in [6.07, 6.45) is 5.33. The molecule has 4 rings (SSSR count). The average molecular weight is 308 g/mol. The Balaban J connectivity index is 1.90. The lowest BCUT2D eigenvalue weighted by Gasteiger charge is -2.35. The van der Waals surface area contributed by atoms with Gasteiger partial charge in [-0.15, -0.1) is 11.3 Å². The summed E-state index contributed by atoms with van der Waals surface area (Å²) in [5.74, 6) is 0. The summed E-state index contributed by atoms with van der Waals surface area (Å²) in [7, 11) is 1.72. The van der Waals surface area contributed by atoms with Gasteiger partial charge in [-0.3, -0.25) is 9.36 Å². The summed E-state index contributed by atoms with van der Waals surface area (Å²) in [6.45, 7) is 0. The number of hydrogen-bond donors (Lipinski definition) is 1. The number of fused-ring (bicyclic) bond motifs is 3. The standard InChI is InChI=1S/C14H16N2O2S2/c1-18-8-5-7(6-8)16-13(17)11-9-3-2-4-10(9)20-12(11)15-14(16)19/h7-8H,2-6H2,1H3,(H,15,19). The van der Waals surface area contributed by atoms with E-state index >= 15 is 0 Å². The van der Waals surface area contributed by atoms with Crippen molar-refractivity contribution in [3.05, 3.63) is 25.6 Å². The molecule has 2 aromatic heterocycles. The topological polar surface area (TPSA) is 47.0 Å². The SMILES string of the molecule is COC1CC(n2c(=S)[nH]c3sc4c(c3c2=O)CCC4)C1. The Morgan fingerprint density at radius 1 is 1.40 bits per heavy atom. The maximum Gasteiger partial charge on any atom is 0.263 e. The number of ether oxygens (including phenoxy) is 1. The molecule has 1 N–H and O–H groups in total. The van der Waals surface area contributed by atoms with Crippen LogP contribution in [-0.2, 0) is 17.6 Å². The van der Waals surface area contributed by atoms with Crippen LogP contribution in [0.3, 0.4) is 0 Å². The Kier molecular flexibility index (Phi) is 2.87. The molecule has 4 nitrogen and oxygen atoms in total. The van der Waals surface area contributed by atoms with Crippen LogP contribution in [0.2, 0.25) is 0 Å². The van der Waals surface area contributed by atoms with E-state index in [9.17, 15) is 4.79 Å². The fourth-order valence-electron chi connectivity index (χ4n) is 3.36. The molecule has 0 bridgehead atoms. The zero-order valence-corrected chi connectivity index (χ0v) is 12.9. The van der Waals surface area contributed by atoms with Gasteiger partial charge in [0.15, 0.2) is 4.77 Å². The summed E-state index contributed by atoms with van der Waals surface area (Å²) in [5.41, 5.74) is 1.36. The summed E-state index contributed by atoms with van der Waals surface area (Å²) in [4.78, 5) is 18.4. The minimum Gasteiger partial charge on any atom is -0.381 e. The fraction of sp³-hybridized carbons (Fsp3) is 0.571. The molecular weight excluding hydrogens is 292 g/mol. The maximum absolute atomic E-state index is 12.8. The van der Waals surface area contributed by atoms with Crippen LogP contribution in [-0.4, -0.2) is 22.8 Å². The molecule has 0 atom stereocenters. The molecule has 2 heterocycles. The highest BCUT2D eigenvalue weighted by Crippen LogP contribution is 2.37. The van der Waals surface area contributed by atoms with Gasteiger partial charge in [0.2, 0.25) is 0 Å². The monoisotopic (exact) mass is 308 g/mol. The molecule has 1 saturated carbocycles. The van der Waals surface area contributed by atoms with Gasteiger partial charge < -0.3 is 9.72 Å². The van der Waals surface area contributed by atoms with Crippen molar-refractivity contribution in [1.82, 2.24) is 9.55 Å². The number of nitrogens with zero attached hydrogens (tertiary/aromatic N) is 1. The molecule has 20 heavy (non-hydrogen) atoms. The third kappa shape index (κ3) is 1.68. The van der Waals surface area contributed by atoms with E-state index in [1.54, 1.807) is 23.0 Å². The number of hydrogen-bond acceptors (Lipinski definition) is 4. The van der Waals surface area contributed by atoms with Crippen LogP contribution in [0.4, 0.5) is 0 Å². The lowest BCUT2D eigenvalue weighted by atomic mass is 9.89. The first-order valence-electron chi connectivity index (χ1n) is 7.01. The summed E-state index contributed by atoms with van der Waals surface area (Å²) >= 11 is 7.10. The van der Waals surface area contributed by atoms with Crippen LogP contribution in [0.15, 0.2) is 4.79 Å². The van der Waals surface area contributed by atoms with E-state index < -0.39 is 0 Å². The quantitative estimate of drug-likeness (QED) is 0.868. The average Bonchev–Trinajstić information content (AvgIpc) is 2.91. The number of aryl methyl sites for hydroxylation is 2. The molecule has 6 heteroatoms. The molecule has 0 aromatic carbocycles. The second-order valence-electron chi connectivity index (χ2n) is 5.65. The van der Waals surface area contributed by atoms with Crippen LogP contribution in [0.1, 0.15) is 35.7 Å². The molecule has 0 saturated heterocycles. The van der Waals surface area contributed by atoms with Crippen LogP contribution in [0.25, 0.3) is 10.2 Å². The van der Waals surface area contributed by atoms with Crippen molar-refractivity contribution in [1.29, 1.82) is 0 Å². The van der Waals surface area contributed by atoms with E-state index in [4.69, 9.17) is 17.0 Å². The van der Waals surface area contributed by atoms with Crippen LogP contribution in [0, 0.1) is 4.77 Å². The zero-order valence-electron chi connectivity index (χ0n) is 11.3. The summed E-state index contributed by atoms with van der Waals surface area (Å²) in [5, 5.41) is 0.886. The molecule has 1 fully saturated rings. The second-order valence-corrected chi connectivity index (χ2v) is 7.14. The van der Waals surface area contributed by atoms with E-state index in [0.29, 0.717) is 4.77 Å². The maximum atomic E-state index is 12.8. The summed E-state index contributed by atoms with van der Waals surface area (Å²) in [6, 6.07) is 0.192. The number of aromatic nitrogens is 2. The van der Waals surface area contributed by atoms with E-state index in [0.717, 1.165) is 35.9 Å². The first-order valence-corrected chi connectivity index (χ1v) is 8.23. The molecule has 0 radical (unpaired) electrons. The van der Waals surface area contributed by atoms with Crippen molar-refractivity contribution < 1.29 is 4.74 Å². The van der Waals surface area contributed by atoms with Gasteiger partial charge in [0.1, 0.15) is 4.83 Å². The van der Waals surface area contributed by atoms with Gasteiger partial charge in [-0.25, -0.2) is 0 Å². The Morgan fingerprint density at radius 3 is 2.95 bits per heavy atom. The highest BCUT2D eigenvalue weighted by molar-refractivity contribution is 7.71. The molecule has 2 aliphatic rings. The number of thiophene rings is 1. The first-order chi connectivity index (χ1) is 9.69. The first kappa shape index (κ1) is 12.7. The lowest BCUT2D eigenvalue weighted by molar-refractivity contribution is 0.00461. The minimum atomic E-state index is 0.0997. The molecule has 0 unspecified atom stereocenters. The van der Waals surface area contributed by atoms with Crippen LogP contribution in [0.5, 0.6) is 0 Å². The molecule has 0 aliphatic heterocycles. The van der Waals surface area contributed by atoms with Crippen molar-refractivity contribution in [3.63, 3.8) is 0 Å². The van der Waals surface area contributed by atoms with Gasteiger partial charge >= 0.3 is 0 Å². The predicted molar refractivity (Wildman–Crippen MR) is 82.4 cm³/mol. The normalized spacial score (nSPS) is 24.9. The van der Waals surface area contributed by atoms with Crippen molar-refractivity contribution in [2.24, 2.45) is 0 Å². The smallest absolute Gasteiger partial charge is 0.263 e. The van der Waals surface area contributed by atoms with Gasteiger partial charge in [0.25, 0.3) is 5.56 Å². The minimum absolute atomic E-state index is 0.0997. The van der Waals surface area contributed by atoms with Gasteiger partial charge in [0, 0.05) is 18.0 Å². The Hall–Kier alpha value is -0.980. The van der Waals surface area contributed by atoms with Gasteiger partial charge in [0.05, 0.1) is 11.5 Å². The number of methoxy groups -OCH3 is 1. The number of nitrogens with one attached hydrogen (secondary N) is 1. The van der Waals surface area contributed by atoms with Crippen molar-refractivity contribution in [2.45, 2.75) is 44.2 Å². The van der Waals surface area contributed by atoms with Crippen molar-refractivity contribution in [2.75, 3.05) is 7.11 Å².